The van der Waals surface area contributed by atoms with Gasteiger partial charge >= 0.3 is 0 Å². The minimum atomic E-state index is -3.39. The van der Waals surface area contributed by atoms with Crippen molar-refractivity contribution < 1.29 is 17.9 Å². The van der Waals surface area contributed by atoms with Crippen LogP contribution in [0.1, 0.15) is 21.5 Å². The van der Waals surface area contributed by atoms with E-state index in [1.54, 1.807) is 37.3 Å². The molecular formula is C18H22N2O4S. The number of nitrogens with zero attached hydrogens (tertiary/aromatic N) is 1. The summed E-state index contributed by atoms with van der Waals surface area (Å²) in [5.41, 5.74) is 2.75. The zero-order chi connectivity index (χ0) is 18.6. The van der Waals surface area contributed by atoms with Gasteiger partial charge < -0.3 is 9.64 Å². The smallest absolute Gasteiger partial charge is 0.253 e. The van der Waals surface area contributed by atoms with Crippen LogP contribution in [0.2, 0.25) is 0 Å². The number of hydrogen-bond acceptors (Lipinski definition) is 4. The van der Waals surface area contributed by atoms with E-state index in [4.69, 9.17) is 4.74 Å². The van der Waals surface area contributed by atoms with E-state index in [1.165, 1.54) is 6.07 Å². The number of methoxy groups -OCH3 is 1. The molecule has 6 nitrogen and oxygen atoms in total. The van der Waals surface area contributed by atoms with Crippen LogP contribution in [-0.4, -0.2) is 39.6 Å². The summed E-state index contributed by atoms with van der Waals surface area (Å²) >= 11 is 0. The molecule has 1 N–H and O–H groups in total. The second-order valence-electron chi connectivity index (χ2n) is 5.93. The molecule has 25 heavy (non-hydrogen) atoms. The van der Waals surface area contributed by atoms with E-state index in [1.807, 2.05) is 25.1 Å². The van der Waals surface area contributed by atoms with E-state index in [2.05, 4.69) is 4.72 Å². The lowest BCUT2D eigenvalue weighted by atomic mass is 10.1. The maximum atomic E-state index is 12.7. The third kappa shape index (κ3) is 5.22. The molecule has 2 aromatic rings. The minimum Gasteiger partial charge on any atom is -0.496 e. The number of hydrogen-bond donors (Lipinski definition) is 1. The number of amides is 1. The third-order valence-electron chi connectivity index (χ3n) is 3.60. The first-order chi connectivity index (χ1) is 11.7. The van der Waals surface area contributed by atoms with Gasteiger partial charge in [-0.3, -0.25) is 9.52 Å². The summed E-state index contributed by atoms with van der Waals surface area (Å²) < 4.78 is 30.4. The van der Waals surface area contributed by atoms with E-state index in [0.29, 0.717) is 17.8 Å². The fraction of sp³-hybridized carbons (Fsp3) is 0.278. The van der Waals surface area contributed by atoms with Crippen molar-refractivity contribution in [2.24, 2.45) is 0 Å². The highest BCUT2D eigenvalue weighted by atomic mass is 32.2. The summed E-state index contributed by atoms with van der Waals surface area (Å²) in [6.45, 7) is 2.36. The van der Waals surface area contributed by atoms with Crippen molar-refractivity contribution in [3.05, 3.63) is 59.2 Å². The van der Waals surface area contributed by atoms with E-state index >= 15 is 0 Å². The molecule has 0 spiro atoms. The maximum absolute atomic E-state index is 12.7. The highest BCUT2D eigenvalue weighted by molar-refractivity contribution is 7.92. The van der Waals surface area contributed by atoms with Crippen molar-refractivity contribution in [2.45, 2.75) is 13.5 Å². The average Bonchev–Trinajstić information content (AvgIpc) is 2.53. The summed E-state index contributed by atoms with van der Waals surface area (Å²) in [5.74, 6) is 0.512. The van der Waals surface area contributed by atoms with Crippen LogP contribution in [0.4, 0.5) is 5.69 Å². The van der Waals surface area contributed by atoms with Crippen molar-refractivity contribution in [2.75, 3.05) is 25.1 Å². The monoisotopic (exact) mass is 362 g/mol. The zero-order valence-electron chi connectivity index (χ0n) is 14.7. The Morgan fingerprint density at radius 1 is 1.20 bits per heavy atom. The molecule has 0 heterocycles. The SMILES string of the molecule is COc1ccc(C)cc1CN(C)C(=O)c1cccc(NS(C)(=O)=O)c1. The number of nitrogens with one attached hydrogen (secondary N) is 1. The second-order valence-corrected chi connectivity index (χ2v) is 7.68. The Labute approximate surface area is 148 Å². The highest BCUT2D eigenvalue weighted by Crippen LogP contribution is 2.22. The summed E-state index contributed by atoms with van der Waals surface area (Å²) in [6.07, 6.45) is 1.07. The van der Waals surface area contributed by atoms with Gasteiger partial charge in [-0.05, 0) is 31.2 Å². The second kappa shape index (κ2) is 7.57. The molecule has 0 atom stereocenters. The van der Waals surface area contributed by atoms with Crippen molar-refractivity contribution >= 4 is 21.6 Å². The number of ether oxygens (including phenoxy) is 1. The molecule has 0 aliphatic heterocycles. The Morgan fingerprint density at radius 3 is 2.56 bits per heavy atom. The Balaban J connectivity index is 2.20. The molecule has 0 aliphatic carbocycles. The molecular weight excluding hydrogens is 340 g/mol. The lowest BCUT2D eigenvalue weighted by Crippen LogP contribution is -2.26. The molecule has 0 saturated carbocycles. The van der Waals surface area contributed by atoms with Gasteiger partial charge in [-0.1, -0.05) is 23.8 Å². The summed E-state index contributed by atoms with van der Waals surface area (Å²) in [7, 11) is -0.105. The summed E-state index contributed by atoms with van der Waals surface area (Å²) in [6, 6.07) is 12.2. The molecule has 2 rings (SSSR count). The van der Waals surface area contributed by atoms with Crippen molar-refractivity contribution in [1.82, 2.24) is 4.90 Å². The Hall–Kier alpha value is -2.54. The highest BCUT2D eigenvalue weighted by Gasteiger charge is 2.15. The van der Waals surface area contributed by atoms with Crippen molar-refractivity contribution in [3.63, 3.8) is 0 Å². The topological polar surface area (TPSA) is 75.7 Å². The first-order valence-electron chi connectivity index (χ1n) is 7.66. The van der Waals surface area contributed by atoms with Crippen LogP contribution in [-0.2, 0) is 16.6 Å². The van der Waals surface area contributed by atoms with Crippen LogP contribution in [0.25, 0.3) is 0 Å². The first-order valence-corrected chi connectivity index (χ1v) is 9.55. The van der Waals surface area contributed by atoms with Gasteiger partial charge in [-0.15, -0.1) is 0 Å². The van der Waals surface area contributed by atoms with E-state index in [0.717, 1.165) is 23.1 Å². The van der Waals surface area contributed by atoms with Gasteiger partial charge in [0, 0.05) is 30.4 Å². The minimum absolute atomic E-state index is 0.208. The van der Waals surface area contributed by atoms with E-state index < -0.39 is 10.0 Å². The molecule has 1 amide bonds. The first kappa shape index (κ1) is 18.8. The maximum Gasteiger partial charge on any atom is 0.253 e. The average molecular weight is 362 g/mol. The molecule has 134 valence electrons. The number of sulfonamides is 1. The fourth-order valence-corrected chi connectivity index (χ4v) is 3.06. The molecule has 0 aromatic heterocycles. The Morgan fingerprint density at radius 2 is 1.92 bits per heavy atom. The Kier molecular flexibility index (Phi) is 5.69. The number of anilines is 1. The molecule has 0 bridgehead atoms. The predicted octanol–water partition coefficient (Wildman–Crippen LogP) is 2.65. The van der Waals surface area contributed by atoms with Crippen LogP contribution < -0.4 is 9.46 Å². The number of rotatable bonds is 6. The quantitative estimate of drug-likeness (QED) is 0.857. The van der Waals surface area contributed by atoms with Gasteiger partial charge in [0.15, 0.2) is 0 Å². The van der Waals surface area contributed by atoms with Crippen LogP contribution >= 0.6 is 0 Å². The Bertz CT molecular complexity index is 878. The standard InChI is InChI=1S/C18H22N2O4S/c1-13-8-9-17(24-3)15(10-13)12-20(2)18(21)14-6-5-7-16(11-14)19-25(4,22)23/h5-11,19H,12H2,1-4H3. The number of carbonyl (C=O) groups excluding carboxylic acids is 1. The van der Waals surface area contributed by atoms with Gasteiger partial charge in [0.2, 0.25) is 10.0 Å². The molecule has 0 unspecified atom stereocenters. The van der Waals surface area contributed by atoms with Gasteiger partial charge in [-0.2, -0.15) is 0 Å². The number of benzene rings is 2. The van der Waals surface area contributed by atoms with Gasteiger partial charge in [0.1, 0.15) is 5.75 Å². The summed E-state index contributed by atoms with van der Waals surface area (Å²) in [4.78, 5) is 14.2. The molecule has 0 aliphatic rings. The van der Waals surface area contributed by atoms with Gasteiger partial charge in [0.05, 0.1) is 13.4 Å². The molecule has 0 radical (unpaired) electrons. The van der Waals surface area contributed by atoms with Crippen LogP contribution in [0.3, 0.4) is 0 Å². The normalized spacial score (nSPS) is 11.0. The van der Waals surface area contributed by atoms with Gasteiger partial charge in [0.25, 0.3) is 5.91 Å². The van der Waals surface area contributed by atoms with Crippen LogP contribution in [0, 0.1) is 6.92 Å². The number of carbonyl (C=O) groups is 1. The lowest BCUT2D eigenvalue weighted by molar-refractivity contribution is 0.0784. The van der Waals surface area contributed by atoms with Gasteiger partial charge in [-0.25, -0.2) is 8.42 Å². The zero-order valence-corrected chi connectivity index (χ0v) is 15.6. The molecule has 0 fully saturated rings. The largest absolute Gasteiger partial charge is 0.496 e. The fourth-order valence-electron chi connectivity index (χ4n) is 2.51. The van der Waals surface area contributed by atoms with E-state index in [-0.39, 0.29) is 5.91 Å². The predicted molar refractivity (Wildman–Crippen MR) is 98.4 cm³/mol. The molecule has 2 aromatic carbocycles. The number of aryl methyl sites for hydroxylation is 1. The molecule has 7 heteroatoms. The molecule has 0 saturated heterocycles. The lowest BCUT2D eigenvalue weighted by Gasteiger charge is -2.19. The van der Waals surface area contributed by atoms with E-state index in [9.17, 15) is 13.2 Å². The third-order valence-corrected chi connectivity index (χ3v) is 4.21. The van der Waals surface area contributed by atoms with Crippen molar-refractivity contribution in [3.8, 4) is 5.75 Å². The van der Waals surface area contributed by atoms with Crippen LogP contribution in [0.15, 0.2) is 42.5 Å². The summed E-state index contributed by atoms with van der Waals surface area (Å²) in [5, 5.41) is 0. The van der Waals surface area contributed by atoms with Crippen LogP contribution in [0.5, 0.6) is 5.75 Å². The van der Waals surface area contributed by atoms with Crippen molar-refractivity contribution in [1.29, 1.82) is 0 Å².